The SMILES string of the molecule is Cc1nn(-c2ccc(F)cc2)c(C)c1CC(=O)NC(C)(CN)CC(C)C. The summed E-state index contributed by atoms with van der Waals surface area (Å²) in [7, 11) is 0. The summed E-state index contributed by atoms with van der Waals surface area (Å²) >= 11 is 0. The van der Waals surface area contributed by atoms with E-state index in [1.165, 1.54) is 12.1 Å². The fourth-order valence-corrected chi connectivity index (χ4v) is 3.39. The van der Waals surface area contributed by atoms with Crippen LogP contribution in [-0.4, -0.2) is 27.8 Å². The normalized spacial score (nSPS) is 13.7. The zero-order valence-electron chi connectivity index (χ0n) is 16.3. The number of carbonyl (C=O) groups excluding carboxylic acids is 1. The van der Waals surface area contributed by atoms with Gasteiger partial charge in [-0.15, -0.1) is 0 Å². The van der Waals surface area contributed by atoms with Gasteiger partial charge in [0.15, 0.2) is 0 Å². The summed E-state index contributed by atoms with van der Waals surface area (Å²) in [5.74, 6) is 0.0816. The van der Waals surface area contributed by atoms with E-state index < -0.39 is 5.54 Å². The van der Waals surface area contributed by atoms with Crippen LogP contribution >= 0.6 is 0 Å². The maximum Gasteiger partial charge on any atom is 0.225 e. The lowest BCUT2D eigenvalue weighted by atomic mass is 9.90. The summed E-state index contributed by atoms with van der Waals surface area (Å²) in [6, 6.07) is 6.15. The highest BCUT2D eigenvalue weighted by Gasteiger charge is 2.26. The molecule has 0 aliphatic heterocycles. The predicted molar refractivity (Wildman–Crippen MR) is 102 cm³/mol. The Hall–Kier alpha value is -2.21. The summed E-state index contributed by atoms with van der Waals surface area (Å²) in [4.78, 5) is 12.6. The number of aryl methyl sites for hydroxylation is 1. The number of carbonyl (C=O) groups is 1. The molecular weight excluding hydrogens is 331 g/mol. The predicted octanol–water partition coefficient (Wildman–Crippen LogP) is 3.05. The van der Waals surface area contributed by atoms with Crippen molar-refractivity contribution in [1.82, 2.24) is 15.1 Å². The largest absolute Gasteiger partial charge is 0.349 e. The zero-order valence-corrected chi connectivity index (χ0v) is 16.3. The van der Waals surface area contributed by atoms with Gasteiger partial charge in [0.25, 0.3) is 0 Å². The number of rotatable bonds is 7. The van der Waals surface area contributed by atoms with Crippen molar-refractivity contribution in [3.8, 4) is 5.69 Å². The van der Waals surface area contributed by atoms with E-state index in [1.807, 2.05) is 20.8 Å². The van der Waals surface area contributed by atoms with Crippen molar-refractivity contribution in [3.63, 3.8) is 0 Å². The van der Waals surface area contributed by atoms with Gasteiger partial charge in [-0.2, -0.15) is 5.10 Å². The Morgan fingerprint density at radius 2 is 1.92 bits per heavy atom. The molecule has 1 amide bonds. The van der Waals surface area contributed by atoms with E-state index in [0.29, 0.717) is 12.5 Å². The standard InChI is InChI=1S/C20H29FN4O/c1-13(2)11-20(5,12-22)23-19(26)10-18-14(3)24-25(15(18)4)17-8-6-16(21)7-9-17/h6-9,13H,10-12,22H2,1-5H3,(H,23,26). The number of aromatic nitrogens is 2. The molecule has 0 saturated carbocycles. The third-order valence-electron chi connectivity index (χ3n) is 4.60. The summed E-state index contributed by atoms with van der Waals surface area (Å²) < 4.78 is 14.9. The lowest BCUT2D eigenvalue weighted by Gasteiger charge is -2.31. The molecule has 26 heavy (non-hydrogen) atoms. The van der Waals surface area contributed by atoms with Gasteiger partial charge < -0.3 is 11.1 Å². The molecule has 0 fully saturated rings. The van der Waals surface area contributed by atoms with E-state index in [-0.39, 0.29) is 18.1 Å². The fourth-order valence-electron chi connectivity index (χ4n) is 3.39. The van der Waals surface area contributed by atoms with Crippen LogP contribution in [-0.2, 0) is 11.2 Å². The molecule has 0 aliphatic carbocycles. The molecule has 0 bridgehead atoms. The number of nitrogens with zero attached hydrogens (tertiary/aromatic N) is 2. The van der Waals surface area contributed by atoms with Crippen LogP contribution in [0.3, 0.4) is 0 Å². The lowest BCUT2D eigenvalue weighted by molar-refractivity contribution is -0.122. The molecule has 2 aromatic rings. The van der Waals surface area contributed by atoms with E-state index in [9.17, 15) is 9.18 Å². The van der Waals surface area contributed by atoms with Crippen LogP contribution in [0.4, 0.5) is 4.39 Å². The maximum absolute atomic E-state index is 13.1. The van der Waals surface area contributed by atoms with E-state index in [4.69, 9.17) is 5.73 Å². The molecule has 5 nitrogen and oxygen atoms in total. The van der Waals surface area contributed by atoms with Gasteiger partial charge in [0.2, 0.25) is 5.91 Å². The van der Waals surface area contributed by atoms with Gasteiger partial charge in [-0.25, -0.2) is 9.07 Å². The molecule has 0 spiro atoms. The van der Waals surface area contributed by atoms with Crippen molar-refractivity contribution in [2.24, 2.45) is 11.7 Å². The van der Waals surface area contributed by atoms with Crippen molar-refractivity contribution in [1.29, 1.82) is 0 Å². The molecule has 1 aromatic carbocycles. The number of hydrogen-bond donors (Lipinski definition) is 2. The fraction of sp³-hybridized carbons (Fsp3) is 0.500. The summed E-state index contributed by atoms with van der Waals surface area (Å²) in [6.07, 6.45) is 1.06. The van der Waals surface area contributed by atoms with Crippen LogP contribution in [0.2, 0.25) is 0 Å². The van der Waals surface area contributed by atoms with Gasteiger partial charge >= 0.3 is 0 Å². The molecule has 1 unspecified atom stereocenters. The highest BCUT2D eigenvalue weighted by Crippen LogP contribution is 2.20. The van der Waals surface area contributed by atoms with Gasteiger partial charge in [0.05, 0.1) is 17.8 Å². The first-order valence-corrected chi connectivity index (χ1v) is 8.97. The minimum atomic E-state index is -0.417. The topological polar surface area (TPSA) is 72.9 Å². The first-order chi connectivity index (χ1) is 12.1. The Morgan fingerprint density at radius 1 is 1.31 bits per heavy atom. The molecule has 2 rings (SSSR count). The number of halogens is 1. The van der Waals surface area contributed by atoms with Crippen molar-refractivity contribution in [2.45, 2.75) is 53.0 Å². The van der Waals surface area contributed by atoms with Gasteiger partial charge in [0, 0.05) is 23.3 Å². The average Bonchev–Trinajstić information content (AvgIpc) is 2.83. The second-order valence-electron chi connectivity index (χ2n) is 7.63. The number of hydrogen-bond acceptors (Lipinski definition) is 3. The first-order valence-electron chi connectivity index (χ1n) is 8.97. The minimum Gasteiger partial charge on any atom is -0.349 e. The molecular formula is C20H29FN4O. The van der Waals surface area contributed by atoms with Crippen LogP contribution < -0.4 is 11.1 Å². The van der Waals surface area contributed by atoms with Gasteiger partial charge in [-0.1, -0.05) is 13.8 Å². The van der Waals surface area contributed by atoms with Gasteiger partial charge in [0.1, 0.15) is 5.82 Å². The number of benzene rings is 1. The molecule has 1 atom stereocenters. The molecule has 0 aliphatic rings. The van der Waals surface area contributed by atoms with E-state index in [1.54, 1.807) is 16.8 Å². The first kappa shape index (κ1) is 20.1. The van der Waals surface area contributed by atoms with E-state index >= 15 is 0 Å². The van der Waals surface area contributed by atoms with Crippen LogP contribution in [0, 0.1) is 25.6 Å². The molecule has 6 heteroatoms. The quantitative estimate of drug-likeness (QED) is 0.797. The highest BCUT2D eigenvalue weighted by atomic mass is 19.1. The monoisotopic (exact) mass is 360 g/mol. The van der Waals surface area contributed by atoms with Crippen molar-refractivity contribution >= 4 is 5.91 Å². The molecule has 1 aromatic heterocycles. The Kier molecular flexibility index (Phi) is 6.18. The Balaban J connectivity index is 2.19. The zero-order chi connectivity index (χ0) is 19.5. The summed E-state index contributed by atoms with van der Waals surface area (Å²) in [5, 5.41) is 7.60. The highest BCUT2D eigenvalue weighted by molar-refractivity contribution is 5.80. The van der Waals surface area contributed by atoms with Crippen LogP contribution in [0.1, 0.15) is 44.1 Å². The third-order valence-corrected chi connectivity index (χ3v) is 4.60. The Labute approximate surface area is 154 Å². The average molecular weight is 360 g/mol. The van der Waals surface area contributed by atoms with Crippen molar-refractivity contribution in [3.05, 3.63) is 47.0 Å². The minimum absolute atomic E-state index is 0.0662. The summed E-state index contributed by atoms with van der Waals surface area (Å²) in [5.41, 5.74) is 8.79. The van der Waals surface area contributed by atoms with Crippen LogP contribution in [0.15, 0.2) is 24.3 Å². The Bertz CT molecular complexity index is 767. The molecule has 0 radical (unpaired) electrons. The maximum atomic E-state index is 13.1. The number of nitrogens with two attached hydrogens (primary N) is 1. The van der Waals surface area contributed by atoms with E-state index in [2.05, 4.69) is 24.3 Å². The number of nitrogens with one attached hydrogen (secondary N) is 1. The molecule has 1 heterocycles. The second-order valence-corrected chi connectivity index (χ2v) is 7.63. The molecule has 142 valence electrons. The van der Waals surface area contributed by atoms with E-state index in [0.717, 1.165) is 29.1 Å². The Morgan fingerprint density at radius 3 is 2.46 bits per heavy atom. The smallest absolute Gasteiger partial charge is 0.225 e. The van der Waals surface area contributed by atoms with Crippen LogP contribution in [0.5, 0.6) is 0 Å². The van der Waals surface area contributed by atoms with Gasteiger partial charge in [-0.3, -0.25) is 4.79 Å². The van der Waals surface area contributed by atoms with Crippen molar-refractivity contribution in [2.75, 3.05) is 6.54 Å². The van der Waals surface area contributed by atoms with Crippen LogP contribution in [0.25, 0.3) is 5.69 Å². The molecule has 0 saturated heterocycles. The second kappa shape index (κ2) is 7.99. The molecule has 3 N–H and O–H groups in total. The number of amides is 1. The lowest BCUT2D eigenvalue weighted by Crippen LogP contribution is -2.52. The summed E-state index contributed by atoms with van der Waals surface area (Å²) in [6.45, 7) is 10.4. The third kappa shape index (κ3) is 4.69. The van der Waals surface area contributed by atoms with Gasteiger partial charge in [-0.05, 0) is 57.4 Å². The van der Waals surface area contributed by atoms with Crippen molar-refractivity contribution < 1.29 is 9.18 Å².